The van der Waals surface area contributed by atoms with E-state index in [-0.39, 0.29) is 42.3 Å². The molecule has 0 aromatic heterocycles. The molecule has 3 aromatic rings. The second-order valence-electron chi connectivity index (χ2n) is 8.24. The van der Waals surface area contributed by atoms with Crippen LogP contribution in [0.3, 0.4) is 0 Å². The first-order chi connectivity index (χ1) is 17.6. The first-order valence-corrected chi connectivity index (χ1v) is 11.3. The number of rotatable bonds is 10. The zero-order chi connectivity index (χ0) is 26.9. The van der Waals surface area contributed by atoms with E-state index in [0.717, 1.165) is 12.1 Å². The smallest absolute Gasteiger partial charge is 0.252 e. The Balaban J connectivity index is 1.59. The van der Waals surface area contributed by atoms with Crippen LogP contribution in [0.25, 0.3) is 0 Å². The molecule has 3 amide bonds. The maximum atomic E-state index is 12.9. The zero-order valence-corrected chi connectivity index (χ0v) is 19.6. The highest BCUT2D eigenvalue weighted by Crippen LogP contribution is 2.25. The summed E-state index contributed by atoms with van der Waals surface area (Å²) < 4.78 is 0. The van der Waals surface area contributed by atoms with E-state index in [9.17, 15) is 39.9 Å². The van der Waals surface area contributed by atoms with Gasteiger partial charge in [-0.05, 0) is 60.0 Å². The summed E-state index contributed by atoms with van der Waals surface area (Å²) in [7, 11) is 0. The van der Waals surface area contributed by atoms with Crippen molar-refractivity contribution < 1.29 is 39.9 Å². The summed E-state index contributed by atoms with van der Waals surface area (Å²) in [6, 6.07) is 12.8. The number of hydrogen-bond donors (Lipinski definition) is 8. The molecule has 0 saturated carbocycles. The minimum atomic E-state index is -1.10. The number of aromatic hydroxyl groups is 5. The number of nitrogens with one attached hydrogen (secondary N) is 3. The van der Waals surface area contributed by atoms with Crippen LogP contribution in [0.5, 0.6) is 28.7 Å². The van der Waals surface area contributed by atoms with E-state index < -0.39 is 35.3 Å². The Morgan fingerprint density at radius 3 is 1.97 bits per heavy atom. The fourth-order valence-corrected chi connectivity index (χ4v) is 3.41. The Kier molecular flexibility index (Phi) is 8.76. The summed E-state index contributed by atoms with van der Waals surface area (Å²) in [5.74, 6) is -3.16. The molecule has 0 unspecified atom stereocenters. The van der Waals surface area contributed by atoms with Crippen molar-refractivity contribution >= 4 is 17.7 Å². The van der Waals surface area contributed by atoms with Crippen LogP contribution in [0, 0.1) is 0 Å². The quantitative estimate of drug-likeness (QED) is 0.186. The summed E-state index contributed by atoms with van der Waals surface area (Å²) in [4.78, 5) is 37.8. The lowest BCUT2D eigenvalue weighted by molar-refractivity contribution is -0.127. The summed E-state index contributed by atoms with van der Waals surface area (Å²) in [6.07, 6.45) is 0.431. The molecule has 0 aliphatic rings. The van der Waals surface area contributed by atoms with Gasteiger partial charge in [-0.25, -0.2) is 0 Å². The molecule has 0 spiro atoms. The molecule has 0 radical (unpaired) electrons. The molecule has 0 aliphatic heterocycles. The van der Waals surface area contributed by atoms with E-state index in [0.29, 0.717) is 17.5 Å². The maximum absolute atomic E-state index is 12.9. The molecule has 0 aliphatic carbocycles. The van der Waals surface area contributed by atoms with E-state index in [1.165, 1.54) is 30.3 Å². The molecular weight excluding hydrogens is 482 g/mol. The fourth-order valence-electron chi connectivity index (χ4n) is 3.41. The molecule has 37 heavy (non-hydrogen) atoms. The number of hydrogen-bond acceptors (Lipinski definition) is 8. The van der Waals surface area contributed by atoms with Gasteiger partial charge in [-0.2, -0.15) is 0 Å². The molecule has 194 valence electrons. The molecule has 8 N–H and O–H groups in total. The molecule has 0 fully saturated rings. The lowest BCUT2D eigenvalue weighted by Gasteiger charge is -2.19. The summed E-state index contributed by atoms with van der Waals surface area (Å²) >= 11 is 0. The van der Waals surface area contributed by atoms with E-state index in [4.69, 9.17) is 0 Å². The average Bonchev–Trinajstić information content (AvgIpc) is 2.87. The summed E-state index contributed by atoms with van der Waals surface area (Å²) in [6.45, 7) is -0.140. The normalized spacial score (nSPS) is 11.4. The zero-order valence-electron chi connectivity index (χ0n) is 19.6. The van der Waals surface area contributed by atoms with Gasteiger partial charge in [0.15, 0.2) is 23.0 Å². The van der Waals surface area contributed by atoms with E-state index in [2.05, 4.69) is 16.0 Å². The van der Waals surface area contributed by atoms with Gasteiger partial charge in [-0.15, -0.1) is 0 Å². The van der Waals surface area contributed by atoms with Gasteiger partial charge >= 0.3 is 0 Å². The molecule has 3 rings (SSSR count). The van der Waals surface area contributed by atoms with E-state index >= 15 is 0 Å². The minimum Gasteiger partial charge on any atom is -0.508 e. The molecular formula is C26H27N3O8. The van der Waals surface area contributed by atoms with Crippen LogP contribution in [-0.4, -0.2) is 62.4 Å². The summed E-state index contributed by atoms with van der Waals surface area (Å²) in [5.41, 5.74) is 1.33. The number of amides is 3. The number of benzene rings is 3. The van der Waals surface area contributed by atoms with Gasteiger partial charge in [0.1, 0.15) is 11.8 Å². The van der Waals surface area contributed by atoms with Crippen LogP contribution in [0.4, 0.5) is 0 Å². The third-order valence-corrected chi connectivity index (χ3v) is 5.43. The van der Waals surface area contributed by atoms with Crippen molar-refractivity contribution in [1.82, 2.24) is 16.0 Å². The van der Waals surface area contributed by atoms with Gasteiger partial charge in [0.05, 0.1) is 6.54 Å². The Morgan fingerprint density at radius 2 is 1.32 bits per heavy atom. The van der Waals surface area contributed by atoms with Crippen LogP contribution in [0.15, 0.2) is 60.7 Å². The third kappa shape index (κ3) is 7.79. The lowest BCUT2D eigenvalue weighted by Crippen LogP contribution is -2.50. The van der Waals surface area contributed by atoms with Crippen LogP contribution in [-0.2, 0) is 22.4 Å². The van der Waals surface area contributed by atoms with E-state index in [1.54, 1.807) is 18.2 Å². The molecule has 11 heteroatoms. The van der Waals surface area contributed by atoms with Gasteiger partial charge in [0.25, 0.3) is 5.91 Å². The van der Waals surface area contributed by atoms with E-state index in [1.807, 2.05) is 0 Å². The molecule has 0 bridgehead atoms. The predicted molar refractivity (Wildman–Crippen MR) is 132 cm³/mol. The number of phenols is 5. The van der Waals surface area contributed by atoms with Gasteiger partial charge < -0.3 is 41.5 Å². The van der Waals surface area contributed by atoms with Crippen molar-refractivity contribution in [3.63, 3.8) is 0 Å². The monoisotopic (exact) mass is 509 g/mol. The topological polar surface area (TPSA) is 188 Å². The second-order valence-corrected chi connectivity index (χ2v) is 8.24. The molecule has 1 atom stereocenters. The first kappa shape index (κ1) is 26.7. The number of carbonyl (C=O) groups excluding carboxylic acids is 3. The van der Waals surface area contributed by atoms with Gasteiger partial charge in [0, 0.05) is 18.5 Å². The summed E-state index contributed by atoms with van der Waals surface area (Å²) in [5, 5.41) is 55.2. The van der Waals surface area contributed by atoms with Crippen LogP contribution >= 0.6 is 0 Å². The van der Waals surface area contributed by atoms with Crippen LogP contribution in [0.2, 0.25) is 0 Å². The highest BCUT2D eigenvalue weighted by Gasteiger charge is 2.23. The molecule has 0 saturated heterocycles. The number of phenolic OH excluding ortho intramolecular Hbond substituents is 5. The standard InChI is InChI=1S/C26H27N3O8/c30-18-5-1-15(2-6-18)11-19(29-25(36)17-4-8-21(32)23(34)13-17)26(37)28-14-24(35)27-10-9-16-3-7-20(31)22(33)12-16/h1-8,12-13,19,30-34H,9-11,14H2,(H,27,35)(H,28,37)(H,29,36)/t19-/m0/s1. The largest absolute Gasteiger partial charge is 0.508 e. The molecule has 11 nitrogen and oxygen atoms in total. The second kappa shape index (κ2) is 12.2. The predicted octanol–water partition coefficient (Wildman–Crippen LogP) is 1.03. The van der Waals surface area contributed by atoms with Crippen molar-refractivity contribution in [3.8, 4) is 28.7 Å². The van der Waals surface area contributed by atoms with Gasteiger partial charge in [-0.1, -0.05) is 18.2 Å². The molecule has 3 aromatic carbocycles. The minimum absolute atomic E-state index is 0.0109. The first-order valence-electron chi connectivity index (χ1n) is 11.3. The number of carbonyl (C=O) groups is 3. The Hall–Kier alpha value is -4.93. The van der Waals surface area contributed by atoms with Crippen LogP contribution < -0.4 is 16.0 Å². The van der Waals surface area contributed by atoms with Gasteiger partial charge in [0.2, 0.25) is 11.8 Å². The molecule has 0 heterocycles. The Labute approximate surface area is 212 Å². The van der Waals surface area contributed by atoms with Crippen molar-refractivity contribution in [3.05, 3.63) is 77.4 Å². The Bertz CT molecular complexity index is 1280. The van der Waals surface area contributed by atoms with Crippen LogP contribution in [0.1, 0.15) is 21.5 Å². The average molecular weight is 510 g/mol. The third-order valence-electron chi connectivity index (χ3n) is 5.43. The fraction of sp³-hybridized carbons (Fsp3) is 0.192. The Morgan fingerprint density at radius 1 is 0.703 bits per heavy atom. The SMILES string of the molecule is O=C(CNC(=O)[C@H](Cc1ccc(O)cc1)NC(=O)c1ccc(O)c(O)c1)NCCc1ccc(O)c(O)c1. The maximum Gasteiger partial charge on any atom is 0.252 e. The highest BCUT2D eigenvalue weighted by atomic mass is 16.3. The lowest BCUT2D eigenvalue weighted by atomic mass is 10.0. The highest BCUT2D eigenvalue weighted by molar-refractivity contribution is 5.98. The van der Waals surface area contributed by atoms with Crippen molar-refractivity contribution in [2.45, 2.75) is 18.9 Å². The van der Waals surface area contributed by atoms with Crippen molar-refractivity contribution in [2.24, 2.45) is 0 Å². The van der Waals surface area contributed by atoms with Gasteiger partial charge in [-0.3, -0.25) is 14.4 Å². The van der Waals surface area contributed by atoms with Crippen molar-refractivity contribution in [1.29, 1.82) is 0 Å². The van der Waals surface area contributed by atoms with Crippen molar-refractivity contribution in [2.75, 3.05) is 13.1 Å².